The van der Waals surface area contributed by atoms with Gasteiger partial charge in [-0.3, -0.25) is 14.6 Å². The molecule has 0 atom stereocenters. The predicted octanol–water partition coefficient (Wildman–Crippen LogP) is 2.32. The summed E-state index contributed by atoms with van der Waals surface area (Å²) in [6.45, 7) is 0. The number of fused-ring (bicyclic) bond motifs is 1. The van der Waals surface area contributed by atoms with Crippen LogP contribution in [0, 0.1) is 131 Å². The monoisotopic (exact) mass is 652 g/mol. The zero-order chi connectivity index (χ0) is 34.0. The number of aromatic amines is 1. The zero-order valence-electron chi connectivity index (χ0n) is 22.9. The molecule has 214 valence electrons. The van der Waals surface area contributed by atoms with Gasteiger partial charge in [0.2, 0.25) is 5.28 Å². The van der Waals surface area contributed by atoms with E-state index in [2.05, 4.69) is 138 Å². The van der Waals surface area contributed by atoms with Crippen LogP contribution in [0.4, 0.5) is 5.69 Å². The molecule has 0 saturated carbocycles. The number of hydrogen-bond acceptors (Lipinski definition) is 6. The number of nitrogens with one attached hydrogen (secondary N) is 1. The molecule has 3 aromatic rings. The first-order chi connectivity index (χ1) is 22.2. The number of rotatable bonds is 1. The Kier molecular flexibility index (Phi) is 17.9. The van der Waals surface area contributed by atoms with E-state index in [1.807, 2.05) is 0 Å². The van der Waals surface area contributed by atoms with Crippen molar-refractivity contribution in [2.75, 3.05) is 5.73 Å². The normalized spacial score (nSPS) is 7.07. The van der Waals surface area contributed by atoms with Crippen LogP contribution >= 0.6 is 34.8 Å². The lowest BCUT2D eigenvalue weighted by molar-refractivity contribution is 0.100. The van der Waals surface area contributed by atoms with Crippen LogP contribution in [0.2, 0.25) is 15.6 Å². The van der Waals surface area contributed by atoms with Crippen LogP contribution in [-0.4, -0.2) is 25.8 Å². The van der Waals surface area contributed by atoms with E-state index in [4.69, 9.17) is 59.1 Å². The fourth-order valence-electron chi connectivity index (χ4n) is 2.24. The maximum Gasteiger partial charge on any atom is 0.259 e. The third kappa shape index (κ3) is 15.1. The first kappa shape index (κ1) is 36.8. The average molecular weight is 654 g/mol. The minimum absolute atomic E-state index is 0.00685. The van der Waals surface area contributed by atoms with Gasteiger partial charge in [0.1, 0.15) is 5.52 Å². The second-order valence-electron chi connectivity index (χ2n) is 6.82. The van der Waals surface area contributed by atoms with Crippen LogP contribution in [0.5, 0.6) is 0 Å². The number of H-pyrrole nitrogens is 1. The van der Waals surface area contributed by atoms with E-state index in [1.54, 1.807) is 0 Å². The van der Waals surface area contributed by atoms with Gasteiger partial charge < -0.3 is 11.5 Å². The summed E-state index contributed by atoms with van der Waals surface area (Å²) in [7, 11) is 0. The second kappa shape index (κ2) is 22.4. The number of pyridine rings is 2. The molecule has 1 amide bonds. The van der Waals surface area contributed by atoms with Crippen molar-refractivity contribution < 1.29 is 4.79 Å². The lowest BCUT2D eigenvalue weighted by Crippen LogP contribution is -2.13. The number of hydrogen-bond donors (Lipinski definition) is 3. The van der Waals surface area contributed by atoms with Gasteiger partial charge in [-0.2, -0.15) is 0 Å². The third-order valence-electron chi connectivity index (χ3n) is 3.96. The Bertz CT molecular complexity index is 2310. The maximum atomic E-state index is 11.3. The number of carbonyl (C=O) groups excluding carboxylic acids is 1. The molecule has 0 aliphatic carbocycles. The van der Waals surface area contributed by atoms with Crippen molar-refractivity contribution in [3.05, 3.63) is 56.0 Å². The molecule has 0 unspecified atom stereocenters. The molecule has 0 aromatic carbocycles. The summed E-state index contributed by atoms with van der Waals surface area (Å²) in [6.07, 6.45) is 12.6. The highest BCUT2D eigenvalue weighted by Gasteiger charge is 2.08. The van der Waals surface area contributed by atoms with Crippen molar-refractivity contribution in [1.82, 2.24) is 19.9 Å². The van der Waals surface area contributed by atoms with E-state index >= 15 is 0 Å². The Balaban J connectivity index is 0.000000371. The van der Waals surface area contributed by atoms with Gasteiger partial charge >= 0.3 is 0 Å². The summed E-state index contributed by atoms with van der Waals surface area (Å²) in [4.78, 5) is 35.6. The number of nitrogen functional groups attached to an aromatic ring is 1. The minimum atomic E-state index is -0.605. The molecule has 0 fully saturated rings. The van der Waals surface area contributed by atoms with E-state index in [-0.39, 0.29) is 32.4 Å². The number of halogens is 3. The molecule has 3 aromatic heterocycles. The van der Waals surface area contributed by atoms with Gasteiger partial charge in [0.15, 0.2) is 10.3 Å². The molecule has 0 radical (unpaired) electrons. The number of nitrogens with two attached hydrogens (primary N) is 2. The topological polar surface area (TPSA) is 141 Å². The van der Waals surface area contributed by atoms with E-state index < -0.39 is 5.91 Å². The molecular weight excluding hydrogens is 643 g/mol. The van der Waals surface area contributed by atoms with Crippen molar-refractivity contribution in [3.63, 3.8) is 0 Å². The zero-order valence-corrected chi connectivity index (χ0v) is 25.2. The standard InChI is InChI=1S/C22H2.C7H3Cl2N3O.C6H6ClN3O/c1-3-5-7-9-11-13-15-17-19-21-22-20-18-16-14-12-10-8-6-4-2;8-5-4-3(1-2-10-5)6(13)12-7(9)11-4;7-5-4(8)3(6(9)11)1-2-10-5/h1-2H;1-2H,(H,11,12,13);1-2H,8H2,(H2,9,11). The highest BCUT2D eigenvalue weighted by Crippen LogP contribution is 2.18. The van der Waals surface area contributed by atoms with Gasteiger partial charge in [0, 0.05) is 36.1 Å². The second-order valence-corrected chi connectivity index (χ2v) is 7.89. The highest BCUT2D eigenvalue weighted by molar-refractivity contribution is 6.34. The Hall–Kier alpha value is -7.26. The highest BCUT2D eigenvalue weighted by atomic mass is 35.5. The molecule has 0 aliphatic rings. The molecular formula is C35H11Cl3N6O2. The number of primary amides is 1. The Morgan fingerprint density at radius 3 is 1.46 bits per heavy atom. The molecule has 11 heteroatoms. The fourth-order valence-corrected chi connectivity index (χ4v) is 2.77. The van der Waals surface area contributed by atoms with E-state index in [1.165, 1.54) is 24.5 Å². The molecule has 0 spiro atoms. The summed E-state index contributed by atoms with van der Waals surface area (Å²) >= 11 is 16.8. The Morgan fingerprint density at radius 2 is 1.07 bits per heavy atom. The van der Waals surface area contributed by atoms with Gasteiger partial charge in [-0.1, -0.05) is 23.2 Å². The fraction of sp³-hybridized carbons (Fsp3) is 0. The van der Waals surface area contributed by atoms with Crippen molar-refractivity contribution in [2.45, 2.75) is 0 Å². The van der Waals surface area contributed by atoms with Crippen molar-refractivity contribution in [3.8, 4) is 131 Å². The van der Waals surface area contributed by atoms with Crippen molar-refractivity contribution in [2.24, 2.45) is 5.73 Å². The van der Waals surface area contributed by atoms with Gasteiger partial charge in [-0.05, 0) is 118 Å². The maximum absolute atomic E-state index is 11.3. The van der Waals surface area contributed by atoms with Crippen LogP contribution in [0.3, 0.4) is 0 Å². The smallest absolute Gasteiger partial charge is 0.259 e. The molecule has 0 bridgehead atoms. The molecule has 8 nitrogen and oxygen atoms in total. The third-order valence-corrected chi connectivity index (χ3v) is 4.72. The molecule has 5 N–H and O–H groups in total. The molecule has 0 saturated heterocycles. The van der Waals surface area contributed by atoms with Gasteiger partial charge in [0.05, 0.1) is 16.6 Å². The van der Waals surface area contributed by atoms with Gasteiger partial charge in [-0.25, -0.2) is 15.0 Å². The van der Waals surface area contributed by atoms with Gasteiger partial charge in [0.25, 0.3) is 11.5 Å². The largest absolute Gasteiger partial charge is 0.396 e. The lowest BCUT2D eigenvalue weighted by atomic mass is 10.2. The molecule has 3 heterocycles. The quantitative estimate of drug-likeness (QED) is 0.209. The predicted molar refractivity (Wildman–Crippen MR) is 180 cm³/mol. The van der Waals surface area contributed by atoms with Crippen molar-refractivity contribution >= 4 is 57.3 Å². The summed E-state index contributed by atoms with van der Waals surface area (Å²) < 4.78 is 0. The van der Waals surface area contributed by atoms with E-state index in [0.29, 0.717) is 10.9 Å². The molecule has 0 aliphatic heterocycles. The van der Waals surface area contributed by atoms with E-state index in [9.17, 15) is 9.59 Å². The number of anilines is 1. The summed E-state index contributed by atoms with van der Waals surface area (Å²) in [5.74, 6) is 47.6. The van der Waals surface area contributed by atoms with Crippen molar-refractivity contribution in [1.29, 1.82) is 0 Å². The number of carbonyl (C=O) groups is 1. The Morgan fingerprint density at radius 1 is 0.674 bits per heavy atom. The average Bonchev–Trinajstić information content (AvgIpc) is 3.03. The minimum Gasteiger partial charge on any atom is -0.396 e. The van der Waals surface area contributed by atoms with Crippen LogP contribution in [-0.2, 0) is 0 Å². The Labute approximate surface area is 279 Å². The van der Waals surface area contributed by atoms with Gasteiger partial charge in [-0.15, -0.1) is 12.8 Å². The van der Waals surface area contributed by atoms with Crippen LogP contribution < -0.4 is 17.0 Å². The van der Waals surface area contributed by atoms with Crippen LogP contribution in [0.15, 0.2) is 29.3 Å². The lowest BCUT2D eigenvalue weighted by Gasteiger charge is -2.00. The molecule has 46 heavy (non-hydrogen) atoms. The number of amides is 1. The first-order valence-electron chi connectivity index (χ1n) is 11.5. The summed E-state index contributed by atoms with van der Waals surface area (Å²) in [5.41, 5.74) is 10.7. The molecule has 3 rings (SSSR count). The number of terminal acetylenes is 2. The SMILES string of the molecule is C#CC#CC#CC#CC#CC#CC#CC#CC#CC#CC#C.NC(=O)c1ccnc(Cl)c1N.O=c1[nH]c(Cl)nc2c(Cl)nccc12. The number of nitrogens with zero attached hydrogens (tertiary/aromatic N) is 3. The van der Waals surface area contributed by atoms with E-state index in [0.717, 1.165) is 0 Å². The van der Waals surface area contributed by atoms with Crippen LogP contribution in [0.1, 0.15) is 10.4 Å². The first-order valence-corrected chi connectivity index (χ1v) is 12.7. The summed E-state index contributed by atoms with van der Waals surface area (Å²) in [6, 6.07) is 2.95. The number of aromatic nitrogens is 4. The summed E-state index contributed by atoms with van der Waals surface area (Å²) in [5, 5.41) is 0.656. The van der Waals surface area contributed by atoms with Crippen LogP contribution in [0.25, 0.3) is 10.9 Å².